The summed E-state index contributed by atoms with van der Waals surface area (Å²) in [5.74, 6) is 0.235. The molecule has 0 fully saturated rings. The molecule has 0 aliphatic carbocycles. The third-order valence-electron chi connectivity index (χ3n) is 2.43. The first-order valence-electron chi connectivity index (χ1n) is 4.86. The summed E-state index contributed by atoms with van der Waals surface area (Å²) in [5.41, 5.74) is 6.54. The Morgan fingerprint density at radius 2 is 2.31 bits per heavy atom. The lowest BCUT2D eigenvalue weighted by molar-refractivity contribution is 0.626. The topological polar surface area (TPSA) is 54.7 Å². The number of nitrogens with one attached hydrogen (secondary N) is 1. The fraction of sp³-hybridized carbons (Fsp3) is 0.182. The Morgan fingerprint density at radius 3 is 2.88 bits per heavy atom. The van der Waals surface area contributed by atoms with Gasteiger partial charge < -0.3 is 10.7 Å². The fourth-order valence-corrected chi connectivity index (χ4v) is 1.79. The molecule has 0 saturated heterocycles. The number of aromatic amines is 1. The molecule has 1 atom stereocenters. The minimum Gasteiger partial charge on any atom is -0.348 e. The van der Waals surface area contributed by atoms with Gasteiger partial charge in [-0.2, -0.15) is 0 Å². The molecule has 0 aliphatic rings. The van der Waals surface area contributed by atoms with Gasteiger partial charge in [-0.15, -0.1) is 0 Å². The largest absolute Gasteiger partial charge is 0.348 e. The quantitative estimate of drug-likeness (QED) is 0.864. The molecule has 0 amide bonds. The van der Waals surface area contributed by atoms with Crippen LogP contribution in [0.15, 0.2) is 30.6 Å². The van der Waals surface area contributed by atoms with Gasteiger partial charge in [0.2, 0.25) is 0 Å². The summed E-state index contributed by atoms with van der Waals surface area (Å²) in [6.07, 6.45) is 3.38. The molecule has 5 heteroatoms. The highest BCUT2D eigenvalue weighted by molar-refractivity contribution is 6.30. The molecule has 3 N–H and O–H groups in total. The van der Waals surface area contributed by atoms with Crippen LogP contribution in [0.5, 0.6) is 0 Å². The van der Waals surface area contributed by atoms with Crippen LogP contribution in [0.25, 0.3) is 0 Å². The number of nitrogens with zero attached hydrogens (tertiary/aromatic N) is 1. The van der Waals surface area contributed by atoms with Crippen LogP contribution in [0, 0.1) is 5.82 Å². The van der Waals surface area contributed by atoms with Gasteiger partial charge >= 0.3 is 0 Å². The van der Waals surface area contributed by atoms with Crippen LogP contribution in [-0.2, 0) is 0 Å². The number of nitrogens with two attached hydrogens (primary N) is 1. The second-order valence-corrected chi connectivity index (χ2v) is 3.84. The Labute approximate surface area is 97.5 Å². The van der Waals surface area contributed by atoms with Gasteiger partial charge in [-0.1, -0.05) is 17.7 Å². The maximum Gasteiger partial charge on any atom is 0.141 e. The van der Waals surface area contributed by atoms with E-state index in [1.54, 1.807) is 24.5 Å². The predicted molar refractivity (Wildman–Crippen MR) is 60.9 cm³/mol. The van der Waals surface area contributed by atoms with Crippen LogP contribution in [0.1, 0.15) is 17.3 Å². The van der Waals surface area contributed by atoms with Crippen molar-refractivity contribution in [2.24, 2.45) is 5.73 Å². The van der Waals surface area contributed by atoms with Crippen LogP contribution in [0.2, 0.25) is 5.02 Å². The molecular weight excluding hydrogens is 229 g/mol. The van der Waals surface area contributed by atoms with Crippen molar-refractivity contribution in [3.05, 3.63) is 52.8 Å². The first-order chi connectivity index (χ1) is 7.72. The first-order valence-corrected chi connectivity index (χ1v) is 5.24. The van der Waals surface area contributed by atoms with E-state index >= 15 is 0 Å². The van der Waals surface area contributed by atoms with Crippen LogP contribution in [0.3, 0.4) is 0 Å². The summed E-state index contributed by atoms with van der Waals surface area (Å²) >= 11 is 5.73. The normalized spacial score (nSPS) is 12.7. The zero-order chi connectivity index (χ0) is 11.5. The number of H-pyrrole nitrogens is 1. The maximum absolute atomic E-state index is 13.0. The summed E-state index contributed by atoms with van der Waals surface area (Å²) < 4.78 is 13.0. The average molecular weight is 240 g/mol. The van der Waals surface area contributed by atoms with E-state index in [-0.39, 0.29) is 10.9 Å². The molecule has 1 unspecified atom stereocenters. The van der Waals surface area contributed by atoms with Gasteiger partial charge in [-0.05, 0) is 17.7 Å². The smallest absolute Gasteiger partial charge is 0.141 e. The summed E-state index contributed by atoms with van der Waals surface area (Å²) in [6.45, 7) is 0.384. The number of hydrogen-bond acceptors (Lipinski definition) is 2. The van der Waals surface area contributed by atoms with E-state index in [1.165, 1.54) is 6.07 Å². The standard InChI is InChI=1S/C11H11ClFN3/c12-9-5-7(1-2-10(9)13)8(6-14)11-15-3-4-16-11/h1-5,8H,6,14H2,(H,15,16). The number of imidazole rings is 1. The van der Waals surface area contributed by atoms with Gasteiger partial charge in [0.15, 0.2) is 0 Å². The molecular formula is C11H11ClFN3. The van der Waals surface area contributed by atoms with Crippen molar-refractivity contribution < 1.29 is 4.39 Å². The van der Waals surface area contributed by atoms with Crippen molar-refractivity contribution in [2.75, 3.05) is 6.54 Å². The van der Waals surface area contributed by atoms with Crippen molar-refractivity contribution in [3.8, 4) is 0 Å². The predicted octanol–water partition coefficient (Wildman–Crippen LogP) is 2.29. The van der Waals surface area contributed by atoms with E-state index in [2.05, 4.69) is 9.97 Å². The van der Waals surface area contributed by atoms with Gasteiger partial charge in [-0.3, -0.25) is 0 Å². The summed E-state index contributed by atoms with van der Waals surface area (Å²) in [5, 5.41) is 0.0995. The highest BCUT2D eigenvalue weighted by atomic mass is 35.5. The molecule has 0 saturated carbocycles. The first kappa shape index (κ1) is 11.1. The molecule has 2 aromatic rings. The van der Waals surface area contributed by atoms with Crippen molar-refractivity contribution in [1.82, 2.24) is 9.97 Å². The van der Waals surface area contributed by atoms with E-state index in [4.69, 9.17) is 17.3 Å². The molecule has 2 rings (SSSR count). The van der Waals surface area contributed by atoms with E-state index in [0.29, 0.717) is 6.54 Å². The Hall–Kier alpha value is -1.39. The molecule has 84 valence electrons. The van der Waals surface area contributed by atoms with Gasteiger partial charge in [0.25, 0.3) is 0 Å². The summed E-state index contributed by atoms with van der Waals surface area (Å²) in [4.78, 5) is 7.14. The summed E-state index contributed by atoms with van der Waals surface area (Å²) in [6, 6.07) is 4.58. The van der Waals surface area contributed by atoms with Crippen LogP contribution in [-0.4, -0.2) is 16.5 Å². The van der Waals surface area contributed by atoms with E-state index in [0.717, 1.165) is 11.4 Å². The molecule has 0 bridgehead atoms. The fourth-order valence-electron chi connectivity index (χ4n) is 1.60. The molecule has 0 aliphatic heterocycles. The van der Waals surface area contributed by atoms with Crippen molar-refractivity contribution in [1.29, 1.82) is 0 Å². The SMILES string of the molecule is NCC(c1ccc(F)c(Cl)c1)c1ncc[nH]1. The number of benzene rings is 1. The molecule has 1 heterocycles. The molecule has 16 heavy (non-hydrogen) atoms. The molecule has 1 aromatic carbocycles. The van der Waals surface area contributed by atoms with Crippen LogP contribution in [0.4, 0.5) is 4.39 Å². The van der Waals surface area contributed by atoms with Gasteiger partial charge in [0, 0.05) is 18.9 Å². The Morgan fingerprint density at radius 1 is 1.50 bits per heavy atom. The minimum absolute atomic E-state index is 0.0897. The van der Waals surface area contributed by atoms with E-state index < -0.39 is 5.82 Å². The van der Waals surface area contributed by atoms with Crippen molar-refractivity contribution in [2.45, 2.75) is 5.92 Å². The molecule has 0 spiro atoms. The maximum atomic E-state index is 13.0. The number of rotatable bonds is 3. The molecule has 3 nitrogen and oxygen atoms in total. The van der Waals surface area contributed by atoms with Crippen LogP contribution < -0.4 is 5.73 Å². The Kier molecular flexibility index (Phi) is 3.22. The van der Waals surface area contributed by atoms with Crippen molar-refractivity contribution in [3.63, 3.8) is 0 Å². The lowest BCUT2D eigenvalue weighted by Gasteiger charge is -2.12. The van der Waals surface area contributed by atoms with Gasteiger partial charge in [0.1, 0.15) is 11.6 Å². The molecule has 0 radical (unpaired) electrons. The van der Waals surface area contributed by atoms with Gasteiger partial charge in [0.05, 0.1) is 10.9 Å². The Balaban J connectivity index is 2.37. The average Bonchev–Trinajstić information content (AvgIpc) is 2.78. The number of hydrogen-bond donors (Lipinski definition) is 2. The Bertz CT molecular complexity index is 470. The van der Waals surface area contributed by atoms with E-state index in [9.17, 15) is 4.39 Å². The number of halogens is 2. The third kappa shape index (κ3) is 2.08. The zero-order valence-corrected chi connectivity index (χ0v) is 9.21. The monoisotopic (exact) mass is 239 g/mol. The highest BCUT2D eigenvalue weighted by Crippen LogP contribution is 2.25. The second-order valence-electron chi connectivity index (χ2n) is 3.44. The molecule has 1 aromatic heterocycles. The van der Waals surface area contributed by atoms with Gasteiger partial charge in [-0.25, -0.2) is 9.37 Å². The van der Waals surface area contributed by atoms with Crippen molar-refractivity contribution >= 4 is 11.6 Å². The zero-order valence-electron chi connectivity index (χ0n) is 8.45. The third-order valence-corrected chi connectivity index (χ3v) is 2.72. The lowest BCUT2D eigenvalue weighted by atomic mass is 9.98. The number of aromatic nitrogens is 2. The summed E-state index contributed by atoms with van der Waals surface area (Å²) in [7, 11) is 0. The highest BCUT2D eigenvalue weighted by Gasteiger charge is 2.15. The second kappa shape index (κ2) is 4.63. The van der Waals surface area contributed by atoms with Crippen LogP contribution >= 0.6 is 11.6 Å². The minimum atomic E-state index is -0.430. The lowest BCUT2D eigenvalue weighted by Crippen LogP contribution is -2.15. The van der Waals surface area contributed by atoms with E-state index in [1.807, 2.05) is 0 Å².